The molecule has 1 aliphatic rings. The van der Waals surface area contributed by atoms with Gasteiger partial charge >= 0.3 is 0 Å². The highest BCUT2D eigenvalue weighted by Crippen LogP contribution is 2.32. The molecule has 0 saturated heterocycles. The number of aryl methyl sites for hydroxylation is 3. The largest absolute Gasteiger partial charge is 0.349 e. The van der Waals surface area contributed by atoms with Crippen molar-refractivity contribution in [3.05, 3.63) is 64.2 Å². The summed E-state index contributed by atoms with van der Waals surface area (Å²) in [4.78, 5) is 18.5. The van der Waals surface area contributed by atoms with Gasteiger partial charge in [0.2, 0.25) is 0 Å². The number of amides is 1. The number of carbonyl (C=O) groups excluding carboxylic acids is 1. The normalized spacial score (nSPS) is 14.9. The van der Waals surface area contributed by atoms with E-state index in [-0.39, 0.29) is 11.9 Å². The third-order valence-corrected chi connectivity index (χ3v) is 6.16. The van der Waals surface area contributed by atoms with Gasteiger partial charge in [-0.1, -0.05) is 60.7 Å². The Morgan fingerprint density at radius 1 is 0.931 bits per heavy atom. The number of pyridine rings is 1. The van der Waals surface area contributed by atoms with Crippen LogP contribution in [0, 0.1) is 27.7 Å². The predicted molar refractivity (Wildman–Crippen MR) is 120 cm³/mol. The van der Waals surface area contributed by atoms with Gasteiger partial charge in [0.05, 0.1) is 16.8 Å². The average molecular weight is 387 g/mol. The fourth-order valence-corrected chi connectivity index (χ4v) is 4.60. The van der Waals surface area contributed by atoms with Gasteiger partial charge in [-0.2, -0.15) is 0 Å². The third-order valence-electron chi connectivity index (χ3n) is 6.16. The first-order valence-corrected chi connectivity index (χ1v) is 10.7. The molecule has 150 valence electrons. The molecule has 1 aliphatic carbocycles. The molecule has 1 amide bonds. The number of rotatable bonds is 3. The molecule has 0 bridgehead atoms. The van der Waals surface area contributed by atoms with Crippen molar-refractivity contribution in [2.24, 2.45) is 0 Å². The Balaban J connectivity index is 1.89. The summed E-state index contributed by atoms with van der Waals surface area (Å²) in [6.07, 6.45) is 5.84. The molecule has 0 spiro atoms. The van der Waals surface area contributed by atoms with Gasteiger partial charge in [0.25, 0.3) is 5.91 Å². The van der Waals surface area contributed by atoms with Crippen molar-refractivity contribution in [3.8, 4) is 11.3 Å². The van der Waals surface area contributed by atoms with Crippen molar-refractivity contribution < 1.29 is 4.79 Å². The van der Waals surface area contributed by atoms with Gasteiger partial charge in [-0.3, -0.25) is 4.79 Å². The van der Waals surface area contributed by atoms with Crippen LogP contribution in [-0.4, -0.2) is 16.9 Å². The Morgan fingerprint density at radius 3 is 2.31 bits per heavy atom. The average Bonchev–Trinajstić information content (AvgIpc) is 2.69. The molecule has 3 heteroatoms. The summed E-state index contributed by atoms with van der Waals surface area (Å²) in [5.41, 5.74) is 8.11. The second kappa shape index (κ2) is 7.98. The Labute approximate surface area is 173 Å². The molecule has 1 N–H and O–H groups in total. The van der Waals surface area contributed by atoms with Crippen LogP contribution in [-0.2, 0) is 0 Å². The summed E-state index contributed by atoms with van der Waals surface area (Å²) < 4.78 is 0. The van der Waals surface area contributed by atoms with E-state index >= 15 is 0 Å². The van der Waals surface area contributed by atoms with Crippen LogP contribution in [0.2, 0.25) is 0 Å². The Kier molecular flexibility index (Phi) is 5.40. The minimum atomic E-state index is 0.0418. The van der Waals surface area contributed by atoms with Crippen molar-refractivity contribution in [1.29, 1.82) is 0 Å². The maximum Gasteiger partial charge on any atom is 0.252 e. The zero-order chi connectivity index (χ0) is 20.5. The van der Waals surface area contributed by atoms with E-state index in [0.717, 1.165) is 57.3 Å². The topological polar surface area (TPSA) is 42.0 Å². The van der Waals surface area contributed by atoms with Crippen LogP contribution in [0.15, 0.2) is 36.4 Å². The minimum Gasteiger partial charge on any atom is -0.349 e. The van der Waals surface area contributed by atoms with Crippen molar-refractivity contribution >= 4 is 16.8 Å². The summed E-state index contributed by atoms with van der Waals surface area (Å²) in [5.74, 6) is 0.0418. The van der Waals surface area contributed by atoms with Crippen LogP contribution in [0.1, 0.15) is 64.7 Å². The lowest BCUT2D eigenvalue weighted by Gasteiger charge is -2.24. The first kappa shape index (κ1) is 19.6. The maximum absolute atomic E-state index is 13.5. The molecule has 0 atom stereocenters. The molecule has 3 aromatic rings. The van der Waals surface area contributed by atoms with E-state index in [1.54, 1.807) is 0 Å². The summed E-state index contributed by atoms with van der Waals surface area (Å²) in [5, 5.41) is 4.29. The van der Waals surface area contributed by atoms with Crippen LogP contribution in [0.25, 0.3) is 22.2 Å². The highest BCUT2D eigenvalue weighted by Gasteiger charge is 2.23. The third kappa shape index (κ3) is 3.91. The lowest BCUT2D eigenvalue weighted by atomic mass is 9.92. The summed E-state index contributed by atoms with van der Waals surface area (Å²) >= 11 is 0. The minimum absolute atomic E-state index is 0.0418. The molecule has 3 nitrogen and oxygen atoms in total. The number of carbonyl (C=O) groups is 1. The number of hydrogen-bond acceptors (Lipinski definition) is 2. The van der Waals surface area contributed by atoms with Crippen LogP contribution >= 0.6 is 0 Å². The quantitative estimate of drug-likeness (QED) is 0.582. The van der Waals surface area contributed by atoms with Gasteiger partial charge in [0, 0.05) is 17.0 Å². The van der Waals surface area contributed by atoms with E-state index in [0.29, 0.717) is 0 Å². The second-order valence-electron chi connectivity index (χ2n) is 8.61. The Hall–Kier alpha value is -2.68. The van der Waals surface area contributed by atoms with E-state index < -0.39 is 0 Å². The number of benzene rings is 2. The van der Waals surface area contributed by atoms with Crippen LogP contribution in [0.5, 0.6) is 0 Å². The zero-order valence-electron chi connectivity index (χ0n) is 17.9. The van der Waals surface area contributed by atoms with Gasteiger partial charge in [-0.15, -0.1) is 0 Å². The molecule has 0 radical (unpaired) electrons. The highest BCUT2D eigenvalue weighted by atomic mass is 16.1. The van der Waals surface area contributed by atoms with E-state index in [4.69, 9.17) is 4.98 Å². The summed E-state index contributed by atoms with van der Waals surface area (Å²) in [6, 6.07) is 12.9. The lowest BCUT2D eigenvalue weighted by Crippen LogP contribution is -2.36. The Morgan fingerprint density at radius 2 is 1.62 bits per heavy atom. The Bertz CT molecular complexity index is 1060. The standard InChI is InChI=1S/C26H30N2O/c1-16-10-12-20(13-11-16)25-19(4)23(26(29)27-21-8-6-5-7-9-21)22-15-17(2)14-18(3)24(22)28-25/h10-15,21H,5-9H2,1-4H3,(H,27,29). The van der Waals surface area contributed by atoms with Crippen LogP contribution in [0.3, 0.4) is 0 Å². The molecular formula is C26H30N2O. The molecule has 0 unspecified atom stereocenters. The molecule has 4 rings (SSSR count). The second-order valence-corrected chi connectivity index (χ2v) is 8.61. The monoisotopic (exact) mass is 386 g/mol. The molecule has 29 heavy (non-hydrogen) atoms. The summed E-state index contributed by atoms with van der Waals surface area (Å²) in [7, 11) is 0. The van der Waals surface area contributed by atoms with Crippen molar-refractivity contribution in [3.63, 3.8) is 0 Å². The van der Waals surface area contributed by atoms with Crippen LogP contribution < -0.4 is 5.32 Å². The van der Waals surface area contributed by atoms with Gasteiger partial charge in [0.1, 0.15) is 0 Å². The van der Waals surface area contributed by atoms with Gasteiger partial charge < -0.3 is 5.32 Å². The maximum atomic E-state index is 13.5. The van der Waals surface area contributed by atoms with Gasteiger partial charge in [0.15, 0.2) is 0 Å². The van der Waals surface area contributed by atoms with Gasteiger partial charge in [-0.05, 0) is 57.7 Å². The molecule has 0 aliphatic heterocycles. The molecule has 1 aromatic heterocycles. The number of aromatic nitrogens is 1. The van der Waals surface area contributed by atoms with Crippen molar-refractivity contribution in [2.45, 2.75) is 65.8 Å². The molecule has 1 fully saturated rings. The lowest BCUT2D eigenvalue weighted by molar-refractivity contribution is 0.0929. The number of nitrogens with zero attached hydrogens (tertiary/aromatic N) is 1. The van der Waals surface area contributed by atoms with Gasteiger partial charge in [-0.25, -0.2) is 4.98 Å². The number of hydrogen-bond donors (Lipinski definition) is 1. The van der Waals surface area contributed by atoms with E-state index in [2.05, 4.69) is 62.5 Å². The fraction of sp³-hybridized carbons (Fsp3) is 0.385. The van der Waals surface area contributed by atoms with Crippen molar-refractivity contribution in [1.82, 2.24) is 10.3 Å². The number of nitrogens with one attached hydrogen (secondary N) is 1. The molecule has 2 aromatic carbocycles. The smallest absolute Gasteiger partial charge is 0.252 e. The fourth-order valence-electron chi connectivity index (χ4n) is 4.60. The van der Waals surface area contributed by atoms with Crippen LogP contribution in [0.4, 0.5) is 0 Å². The molecule has 1 heterocycles. The summed E-state index contributed by atoms with van der Waals surface area (Å²) in [6.45, 7) is 8.29. The predicted octanol–water partition coefficient (Wildman–Crippen LogP) is 6.20. The van der Waals surface area contributed by atoms with Crippen molar-refractivity contribution in [2.75, 3.05) is 0 Å². The SMILES string of the molecule is Cc1ccc(-c2nc3c(C)cc(C)cc3c(C(=O)NC3CCCCC3)c2C)cc1. The molecule has 1 saturated carbocycles. The van der Waals surface area contributed by atoms with E-state index in [9.17, 15) is 4.79 Å². The van der Waals surface area contributed by atoms with E-state index in [1.807, 2.05) is 6.92 Å². The number of fused-ring (bicyclic) bond motifs is 1. The molecular weight excluding hydrogens is 356 g/mol. The van der Waals surface area contributed by atoms with E-state index in [1.165, 1.54) is 24.8 Å². The zero-order valence-corrected chi connectivity index (χ0v) is 17.9. The highest BCUT2D eigenvalue weighted by molar-refractivity contribution is 6.09. The first-order chi connectivity index (χ1) is 13.9. The first-order valence-electron chi connectivity index (χ1n) is 10.7.